The fraction of sp³-hybridized carbons (Fsp3) is 0.240. The van der Waals surface area contributed by atoms with Crippen LogP contribution < -0.4 is 15.1 Å². The maximum Gasteiger partial charge on any atom is 0.258 e. The minimum Gasteiger partial charge on any atom is -0.368 e. The average molecular weight is 421 g/mol. The van der Waals surface area contributed by atoms with Crippen molar-refractivity contribution in [2.45, 2.75) is 12.5 Å². The molecule has 6 heteroatoms. The van der Waals surface area contributed by atoms with Gasteiger partial charge in [0.2, 0.25) is 0 Å². The number of nitrogens with one attached hydrogen (secondary N) is 1. The summed E-state index contributed by atoms with van der Waals surface area (Å²) in [5.41, 5.74) is 3.31. The Hall–Kier alpha value is -3.25. The van der Waals surface area contributed by atoms with Crippen LogP contribution in [0.25, 0.3) is 11.1 Å². The van der Waals surface area contributed by atoms with Crippen molar-refractivity contribution in [3.8, 4) is 11.1 Å². The van der Waals surface area contributed by atoms with E-state index < -0.39 is 0 Å². The van der Waals surface area contributed by atoms with Crippen molar-refractivity contribution in [1.29, 1.82) is 0 Å². The van der Waals surface area contributed by atoms with Gasteiger partial charge in [0.15, 0.2) is 0 Å². The van der Waals surface area contributed by atoms with Crippen LogP contribution in [0.3, 0.4) is 0 Å². The number of halogens is 2. The number of likely N-dealkylation sites (N-methyl/N-ethyl adjacent to an activating group) is 1. The standard InChI is InChI=1S/C25H25F2N3O/c1-28-21-13-14-30(16-21)24-12-11-22(15-23(24)27)29(2)25(31)19-5-3-17(4-6-19)18-7-9-20(26)10-8-18/h3-12,15,21,28H,13-14,16H2,1-2H3. The van der Waals surface area contributed by atoms with Gasteiger partial charge in [-0.05, 0) is 67.1 Å². The molecule has 3 aromatic rings. The van der Waals surface area contributed by atoms with Crippen LogP contribution in [0.2, 0.25) is 0 Å². The largest absolute Gasteiger partial charge is 0.368 e. The summed E-state index contributed by atoms with van der Waals surface area (Å²) in [5.74, 6) is -0.850. The monoisotopic (exact) mass is 421 g/mol. The molecule has 160 valence electrons. The quantitative estimate of drug-likeness (QED) is 0.648. The highest BCUT2D eigenvalue weighted by Gasteiger charge is 2.24. The maximum atomic E-state index is 14.8. The Labute approximate surface area is 181 Å². The second kappa shape index (κ2) is 8.86. The predicted octanol–water partition coefficient (Wildman–Crippen LogP) is 4.71. The van der Waals surface area contributed by atoms with Crippen LogP contribution in [0.15, 0.2) is 66.7 Å². The van der Waals surface area contributed by atoms with Crippen molar-refractivity contribution in [3.05, 3.63) is 83.9 Å². The fourth-order valence-electron chi connectivity index (χ4n) is 3.93. The van der Waals surface area contributed by atoms with Gasteiger partial charge in [-0.1, -0.05) is 24.3 Å². The Morgan fingerprint density at radius 1 is 1.00 bits per heavy atom. The summed E-state index contributed by atoms with van der Waals surface area (Å²) in [6, 6.07) is 18.6. The van der Waals surface area contributed by atoms with Gasteiger partial charge in [0.25, 0.3) is 5.91 Å². The first kappa shape index (κ1) is 21.0. The number of benzene rings is 3. The van der Waals surface area contributed by atoms with E-state index in [1.165, 1.54) is 23.1 Å². The molecule has 0 bridgehead atoms. The molecule has 1 N–H and O–H groups in total. The minimum absolute atomic E-state index is 0.228. The Morgan fingerprint density at radius 2 is 1.65 bits per heavy atom. The number of carbonyl (C=O) groups is 1. The summed E-state index contributed by atoms with van der Waals surface area (Å²) in [4.78, 5) is 16.4. The zero-order chi connectivity index (χ0) is 22.0. The van der Waals surface area contributed by atoms with E-state index in [0.29, 0.717) is 23.0 Å². The molecule has 0 saturated carbocycles. The number of carbonyl (C=O) groups excluding carboxylic acids is 1. The van der Waals surface area contributed by atoms with Gasteiger partial charge in [-0.3, -0.25) is 4.79 Å². The molecule has 31 heavy (non-hydrogen) atoms. The van der Waals surface area contributed by atoms with Crippen LogP contribution in [-0.2, 0) is 0 Å². The highest BCUT2D eigenvalue weighted by Crippen LogP contribution is 2.28. The van der Waals surface area contributed by atoms with E-state index >= 15 is 0 Å². The van der Waals surface area contributed by atoms with E-state index in [0.717, 1.165) is 30.6 Å². The Bertz CT molecular complexity index is 1070. The molecule has 1 aliphatic rings. The molecular formula is C25H25F2N3O. The third kappa shape index (κ3) is 4.44. The molecule has 4 rings (SSSR count). The van der Waals surface area contributed by atoms with Gasteiger partial charge in [-0.2, -0.15) is 0 Å². The zero-order valence-electron chi connectivity index (χ0n) is 17.6. The van der Waals surface area contributed by atoms with Crippen LogP contribution in [-0.4, -0.2) is 39.1 Å². The van der Waals surface area contributed by atoms with Crippen molar-refractivity contribution in [1.82, 2.24) is 5.32 Å². The molecule has 3 aromatic carbocycles. The lowest BCUT2D eigenvalue weighted by molar-refractivity contribution is 0.0993. The lowest BCUT2D eigenvalue weighted by Gasteiger charge is -2.22. The lowest BCUT2D eigenvalue weighted by Crippen LogP contribution is -2.30. The molecule has 1 saturated heterocycles. The summed E-state index contributed by atoms with van der Waals surface area (Å²) >= 11 is 0. The topological polar surface area (TPSA) is 35.6 Å². The highest BCUT2D eigenvalue weighted by molar-refractivity contribution is 6.06. The van der Waals surface area contributed by atoms with Gasteiger partial charge >= 0.3 is 0 Å². The van der Waals surface area contributed by atoms with Gasteiger partial charge in [-0.25, -0.2) is 8.78 Å². The van der Waals surface area contributed by atoms with Gasteiger partial charge in [0, 0.05) is 37.4 Å². The summed E-state index contributed by atoms with van der Waals surface area (Å²) in [6.45, 7) is 1.57. The second-order valence-corrected chi connectivity index (χ2v) is 7.80. The van der Waals surface area contributed by atoms with Crippen LogP contribution >= 0.6 is 0 Å². The second-order valence-electron chi connectivity index (χ2n) is 7.80. The Morgan fingerprint density at radius 3 is 2.23 bits per heavy atom. The molecule has 1 amide bonds. The molecule has 1 unspecified atom stereocenters. The first-order valence-corrected chi connectivity index (χ1v) is 10.3. The normalized spacial score (nSPS) is 15.9. The Kier molecular flexibility index (Phi) is 6.00. The third-order valence-electron chi connectivity index (χ3n) is 5.87. The lowest BCUT2D eigenvalue weighted by atomic mass is 10.0. The Balaban J connectivity index is 1.49. The molecule has 1 atom stereocenters. The van der Waals surface area contributed by atoms with Gasteiger partial charge in [-0.15, -0.1) is 0 Å². The molecule has 1 heterocycles. The van der Waals surface area contributed by atoms with Crippen LogP contribution in [0.5, 0.6) is 0 Å². The molecule has 1 aliphatic heterocycles. The third-order valence-corrected chi connectivity index (χ3v) is 5.87. The van der Waals surface area contributed by atoms with Crippen molar-refractivity contribution >= 4 is 17.3 Å². The summed E-state index contributed by atoms with van der Waals surface area (Å²) in [5, 5.41) is 3.23. The smallest absolute Gasteiger partial charge is 0.258 e. The molecule has 0 spiro atoms. The van der Waals surface area contributed by atoms with E-state index in [-0.39, 0.29) is 17.5 Å². The van der Waals surface area contributed by atoms with Crippen molar-refractivity contribution < 1.29 is 13.6 Å². The number of hydrogen-bond donors (Lipinski definition) is 1. The van der Waals surface area contributed by atoms with E-state index in [4.69, 9.17) is 0 Å². The van der Waals surface area contributed by atoms with Crippen molar-refractivity contribution in [2.75, 3.05) is 37.0 Å². The molecule has 0 aromatic heterocycles. The fourth-order valence-corrected chi connectivity index (χ4v) is 3.93. The molecule has 4 nitrogen and oxygen atoms in total. The summed E-state index contributed by atoms with van der Waals surface area (Å²) in [7, 11) is 3.55. The van der Waals surface area contributed by atoms with Crippen LogP contribution in [0.1, 0.15) is 16.8 Å². The number of nitrogens with zero attached hydrogens (tertiary/aromatic N) is 2. The number of hydrogen-bond acceptors (Lipinski definition) is 3. The summed E-state index contributed by atoms with van der Waals surface area (Å²) < 4.78 is 27.9. The molecular weight excluding hydrogens is 396 g/mol. The van der Waals surface area contributed by atoms with E-state index in [1.807, 2.05) is 24.1 Å². The van der Waals surface area contributed by atoms with Gasteiger partial charge in [0.1, 0.15) is 11.6 Å². The van der Waals surface area contributed by atoms with Crippen LogP contribution in [0.4, 0.5) is 20.2 Å². The van der Waals surface area contributed by atoms with Crippen molar-refractivity contribution in [3.63, 3.8) is 0 Å². The van der Waals surface area contributed by atoms with E-state index in [9.17, 15) is 13.6 Å². The molecule has 0 aliphatic carbocycles. The summed E-state index contributed by atoms with van der Waals surface area (Å²) in [6.07, 6.45) is 0.976. The number of amides is 1. The van der Waals surface area contributed by atoms with Gasteiger partial charge in [0.05, 0.1) is 5.69 Å². The number of rotatable bonds is 5. The number of anilines is 2. The SMILES string of the molecule is CNC1CCN(c2ccc(N(C)C(=O)c3ccc(-c4ccc(F)cc4)cc3)cc2F)C1. The molecule has 1 fully saturated rings. The minimum atomic E-state index is -0.333. The zero-order valence-corrected chi connectivity index (χ0v) is 17.6. The van der Waals surface area contributed by atoms with Crippen LogP contribution in [0, 0.1) is 11.6 Å². The average Bonchev–Trinajstić information content (AvgIpc) is 3.28. The van der Waals surface area contributed by atoms with E-state index in [1.54, 1.807) is 43.4 Å². The maximum absolute atomic E-state index is 14.8. The first-order chi connectivity index (χ1) is 15.0. The highest BCUT2D eigenvalue weighted by atomic mass is 19.1. The predicted molar refractivity (Wildman–Crippen MR) is 121 cm³/mol. The molecule has 0 radical (unpaired) electrons. The van der Waals surface area contributed by atoms with Gasteiger partial charge < -0.3 is 15.1 Å². The first-order valence-electron chi connectivity index (χ1n) is 10.3. The van der Waals surface area contributed by atoms with E-state index in [2.05, 4.69) is 5.32 Å². The van der Waals surface area contributed by atoms with Crippen molar-refractivity contribution in [2.24, 2.45) is 0 Å².